The maximum atomic E-state index is 11.9. The molecule has 0 saturated heterocycles. The Balaban J connectivity index is 2.60. The molecule has 1 aromatic heterocycles. The second-order valence-corrected chi connectivity index (χ2v) is 5.39. The minimum atomic E-state index is -1.48. The van der Waals surface area contributed by atoms with Gasteiger partial charge in [0.15, 0.2) is 0 Å². The highest BCUT2D eigenvalue weighted by molar-refractivity contribution is 7.12. The molecule has 0 aliphatic heterocycles. The summed E-state index contributed by atoms with van der Waals surface area (Å²) in [4.78, 5) is 25.4. The number of likely N-dealkylation sites (N-methyl/N-ethyl adjacent to an activating group) is 1. The first-order valence-electron chi connectivity index (χ1n) is 5.90. The van der Waals surface area contributed by atoms with E-state index in [4.69, 9.17) is 15.3 Å². The molecular formula is C12H18N2O5S. The number of aliphatic hydroxyl groups excluding tert-OH is 3. The van der Waals surface area contributed by atoms with Crippen LogP contribution in [-0.2, 0) is 4.79 Å². The lowest BCUT2D eigenvalue weighted by Gasteiger charge is -2.29. The van der Waals surface area contributed by atoms with Crippen LogP contribution in [-0.4, -0.2) is 71.0 Å². The molecule has 0 fully saturated rings. The first-order valence-corrected chi connectivity index (χ1v) is 6.78. The normalized spacial score (nSPS) is 11.2. The second-order valence-electron chi connectivity index (χ2n) is 4.44. The van der Waals surface area contributed by atoms with Gasteiger partial charge >= 0.3 is 0 Å². The van der Waals surface area contributed by atoms with Crippen LogP contribution in [0.2, 0.25) is 0 Å². The Labute approximate surface area is 120 Å². The van der Waals surface area contributed by atoms with Crippen LogP contribution in [0, 0.1) is 0 Å². The van der Waals surface area contributed by atoms with Gasteiger partial charge < -0.3 is 25.5 Å². The van der Waals surface area contributed by atoms with Crippen molar-refractivity contribution in [3.63, 3.8) is 0 Å². The molecule has 7 nitrogen and oxygen atoms in total. The third kappa shape index (κ3) is 4.01. The molecule has 1 heterocycles. The molecule has 4 N–H and O–H groups in total. The molecule has 0 bridgehead atoms. The van der Waals surface area contributed by atoms with E-state index in [-0.39, 0.29) is 12.5 Å². The zero-order chi connectivity index (χ0) is 15.2. The first kappa shape index (κ1) is 16.6. The van der Waals surface area contributed by atoms with Gasteiger partial charge in [-0.3, -0.25) is 9.59 Å². The smallest absolute Gasteiger partial charge is 0.264 e. The summed E-state index contributed by atoms with van der Waals surface area (Å²) in [6, 6.07) is 3.39. The van der Waals surface area contributed by atoms with E-state index >= 15 is 0 Å². The van der Waals surface area contributed by atoms with Crippen LogP contribution in [0.3, 0.4) is 0 Å². The molecule has 0 aliphatic rings. The lowest BCUT2D eigenvalue weighted by Crippen LogP contribution is -2.58. The number of hydrogen-bond donors (Lipinski definition) is 4. The number of rotatable bonds is 7. The average Bonchev–Trinajstić information content (AvgIpc) is 2.98. The number of aliphatic hydroxyl groups is 3. The highest BCUT2D eigenvalue weighted by Gasteiger charge is 2.30. The fourth-order valence-electron chi connectivity index (χ4n) is 1.48. The summed E-state index contributed by atoms with van der Waals surface area (Å²) in [5.41, 5.74) is -1.48. The van der Waals surface area contributed by atoms with Crippen LogP contribution in [0.25, 0.3) is 0 Å². The predicted molar refractivity (Wildman–Crippen MR) is 73.4 cm³/mol. The topological polar surface area (TPSA) is 110 Å². The summed E-state index contributed by atoms with van der Waals surface area (Å²) < 4.78 is 0. The van der Waals surface area contributed by atoms with Crippen LogP contribution < -0.4 is 5.32 Å². The molecule has 0 spiro atoms. The van der Waals surface area contributed by atoms with Crippen molar-refractivity contribution in [3.05, 3.63) is 22.4 Å². The van der Waals surface area contributed by atoms with Crippen molar-refractivity contribution < 1.29 is 24.9 Å². The van der Waals surface area contributed by atoms with E-state index in [1.54, 1.807) is 17.5 Å². The predicted octanol–water partition coefficient (Wildman–Crippen LogP) is -1.35. The van der Waals surface area contributed by atoms with Gasteiger partial charge in [-0.2, -0.15) is 0 Å². The molecule has 0 unspecified atom stereocenters. The lowest BCUT2D eigenvalue weighted by atomic mass is 10.0. The van der Waals surface area contributed by atoms with Gasteiger partial charge in [0.05, 0.1) is 31.2 Å². The van der Waals surface area contributed by atoms with Gasteiger partial charge in [-0.1, -0.05) is 6.07 Å². The zero-order valence-corrected chi connectivity index (χ0v) is 11.9. The van der Waals surface area contributed by atoms with Crippen molar-refractivity contribution in [3.8, 4) is 0 Å². The average molecular weight is 302 g/mol. The highest BCUT2D eigenvalue weighted by atomic mass is 32.1. The van der Waals surface area contributed by atoms with Gasteiger partial charge in [0, 0.05) is 7.05 Å². The molecule has 20 heavy (non-hydrogen) atoms. The van der Waals surface area contributed by atoms with Gasteiger partial charge in [-0.15, -0.1) is 11.3 Å². The van der Waals surface area contributed by atoms with Crippen LogP contribution in [0.1, 0.15) is 9.67 Å². The van der Waals surface area contributed by atoms with Crippen molar-refractivity contribution in [1.82, 2.24) is 10.2 Å². The van der Waals surface area contributed by atoms with Crippen molar-refractivity contribution in [2.24, 2.45) is 0 Å². The molecule has 1 rings (SSSR count). The number of carbonyl (C=O) groups excluding carboxylic acids is 2. The minimum Gasteiger partial charge on any atom is -0.394 e. The Kier molecular flexibility index (Phi) is 6.08. The summed E-state index contributed by atoms with van der Waals surface area (Å²) in [5.74, 6) is -0.868. The molecule has 0 radical (unpaired) electrons. The molecule has 112 valence electrons. The van der Waals surface area contributed by atoms with E-state index in [9.17, 15) is 9.59 Å². The Hall–Kier alpha value is -1.48. The number of carbonyl (C=O) groups is 2. The zero-order valence-electron chi connectivity index (χ0n) is 11.1. The molecule has 1 aromatic rings. The van der Waals surface area contributed by atoms with E-state index < -0.39 is 31.3 Å². The van der Waals surface area contributed by atoms with Crippen molar-refractivity contribution in [2.45, 2.75) is 5.54 Å². The van der Waals surface area contributed by atoms with Gasteiger partial charge in [-0.25, -0.2) is 0 Å². The molecule has 2 amide bonds. The SMILES string of the molecule is CN(CC(=O)NC(CO)(CO)CO)C(=O)c1cccs1. The fraction of sp³-hybridized carbons (Fsp3) is 0.500. The number of hydrogen-bond acceptors (Lipinski definition) is 6. The summed E-state index contributed by atoms with van der Waals surface area (Å²) in [5, 5.41) is 31.4. The van der Waals surface area contributed by atoms with Gasteiger partial charge in [0.2, 0.25) is 5.91 Å². The lowest BCUT2D eigenvalue weighted by molar-refractivity contribution is -0.125. The summed E-state index contributed by atoms with van der Waals surface area (Å²) in [6.45, 7) is -2.05. The third-order valence-corrected chi connectivity index (χ3v) is 3.63. The second kappa shape index (κ2) is 7.34. The maximum Gasteiger partial charge on any atom is 0.264 e. The summed E-state index contributed by atoms with van der Waals surface area (Å²) >= 11 is 1.27. The number of amides is 2. The molecule has 0 aromatic carbocycles. The third-order valence-electron chi connectivity index (χ3n) is 2.77. The standard InChI is InChI=1S/C12H18N2O5S/c1-14(11(19)9-3-2-4-20-9)5-10(18)13-12(6-15,7-16)8-17/h2-4,15-17H,5-8H2,1H3,(H,13,18). The van der Waals surface area contributed by atoms with E-state index in [1.807, 2.05) is 0 Å². The van der Waals surface area contributed by atoms with Crippen molar-refractivity contribution >= 4 is 23.2 Å². The monoisotopic (exact) mass is 302 g/mol. The number of nitrogens with one attached hydrogen (secondary N) is 1. The van der Waals surface area contributed by atoms with Crippen LogP contribution in [0.15, 0.2) is 17.5 Å². The molecular weight excluding hydrogens is 284 g/mol. The Bertz CT molecular complexity index is 436. The van der Waals surface area contributed by atoms with Crippen molar-refractivity contribution in [2.75, 3.05) is 33.4 Å². The minimum absolute atomic E-state index is 0.238. The van der Waals surface area contributed by atoms with Gasteiger partial charge in [-0.05, 0) is 11.4 Å². The van der Waals surface area contributed by atoms with E-state index in [0.29, 0.717) is 4.88 Å². The van der Waals surface area contributed by atoms with E-state index in [2.05, 4.69) is 5.32 Å². The quantitative estimate of drug-likeness (QED) is 0.498. The largest absolute Gasteiger partial charge is 0.394 e. The van der Waals surface area contributed by atoms with Gasteiger partial charge in [0.25, 0.3) is 5.91 Å². The summed E-state index contributed by atoms with van der Waals surface area (Å²) in [7, 11) is 1.47. The fourth-order valence-corrected chi connectivity index (χ4v) is 2.20. The molecule has 8 heteroatoms. The number of nitrogens with zero attached hydrogens (tertiary/aromatic N) is 1. The molecule has 0 saturated carbocycles. The molecule has 0 atom stereocenters. The Morgan fingerprint density at radius 2 is 1.90 bits per heavy atom. The van der Waals surface area contributed by atoms with Gasteiger partial charge in [0.1, 0.15) is 5.54 Å². The summed E-state index contributed by atoms with van der Waals surface area (Å²) in [6.07, 6.45) is 0. The van der Waals surface area contributed by atoms with Crippen LogP contribution >= 0.6 is 11.3 Å². The number of thiophene rings is 1. The Morgan fingerprint density at radius 3 is 2.35 bits per heavy atom. The van der Waals surface area contributed by atoms with Crippen LogP contribution in [0.4, 0.5) is 0 Å². The highest BCUT2D eigenvalue weighted by Crippen LogP contribution is 2.11. The van der Waals surface area contributed by atoms with Crippen LogP contribution in [0.5, 0.6) is 0 Å². The Morgan fingerprint density at radius 1 is 1.30 bits per heavy atom. The maximum absolute atomic E-state index is 11.9. The van der Waals surface area contributed by atoms with E-state index in [0.717, 1.165) is 0 Å². The van der Waals surface area contributed by atoms with E-state index in [1.165, 1.54) is 23.3 Å². The first-order chi connectivity index (χ1) is 9.48. The van der Waals surface area contributed by atoms with Crippen molar-refractivity contribution in [1.29, 1.82) is 0 Å². The molecule has 0 aliphatic carbocycles.